The smallest absolute Gasteiger partial charge is 0.273 e. The number of nitrogens with zero attached hydrogens (tertiary/aromatic N) is 2. The average molecular weight is 494 g/mol. The monoisotopic (exact) mass is 494 g/mol. The maximum Gasteiger partial charge on any atom is 0.273 e. The molecule has 7 nitrogen and oxygen atoms in total. The molecule has 0 unspecified atom stereocenters. The summed E-state index contributed by atoms with van der Waals surface area (Å²) in [7, 11) is 0. The number of carbonyl (C=O) groups is 1. The first-order valence-corrected chi connectivity index (χ1v) is 11.6. The molecule has 3 aliphatic rings. The summed E-state index contributed by atoms with van der Waals surface area (Å²) in [5.41, 5.74) is 0.636. The molecule has 0 bridgehead atoms. The lowest BCUT2D eigenvalue weighted by molar-refractivity contribution is -0.122. The van der Waals surface area contributed by atoms with Gasteiger partial charge in [-0.25, -0.2) is 27.5 Å². The minimum Gasteiger partial charge on any atom is -0.365 e. The second-order valence-corrected chi connectivity index (χ2v) is 9.24. The van der Waals surface area contributed by atoms with Crippen molar-refractivity contribution in [3.8, 4) is 0 Å². The number of ether oxygens (including phenoxy) is 2. The van der Waals surface area contributed by atoms with Crippen molar-refractivity contribution in [2.24, 2.45) is 0 Å². The number of carbonyl (C=O) groups excluding carboxylic acids is 1. The lowest BCUT2D eigenvalue weighted by Gasteiger charge is -2.21. The van der Waals surface area contributed by atoms with Crippen molar-refractivity contribution >= 4 is 11.7 Å². The Hall–Kier alpha value is -2.79. The standard InChI is InChI=1S/C24H26F4N4O3/c1-13-30-17(11-18(33)32-23(7-8-23)22(25)26)19(21-34-9-10-35-21)20(31-13)29-12-14-3-2-4-16-15(14)5-6-24(16,27)28/h2-4,21-22H,5-12H2,1H3,(H,32,33)(H,29,30,31). The molecular weight excluding hydrogens is 468 g/mol. The molecule has 1 saturated carbocycles. The summed E-state index contributed by atoms with van der Waals surface area (Å²) < 4.78 is 66.3. The SMILES string of the molecule is Cc1nc(CC(=O)NC2(C(F)F)CC2)c(C2OCCO2)c(NCc2cccc3c2CCC3(F)F)n1. The van der Waals surface area contributed by atoms with Crippen LogP contribution >= 0.6 is 0 Å². The van der Waals surface area contributed by atoms with Crippen LogP contribution in [0.3, 0.4) is 0 Å². The summed E-state index contributed by atoms with van der Waals surface area (Å²) in [6.07, 6.45) is -3.21. The molecule has 0 atom stereocenters. The van der Waals surface area contributed by atoms with E-state index in [1.165, 1.54) is 6.07 Å². The van der Waals surface area contributed by atoms with Gasteiger partial charge < -0.3 is 20.1 Å². The zero-order valence-electron chi connectivity index (χ0n) is 19.2. The minimum absolute atomic E-state index is 0.0451. The Balaban J connectivity index is 1.41. The van der Waals surface area contributed by atoms with Crippen molar-refractivity contribution in [3.05, 3.63) is 52.0 Å². The van der Waals surface area contributed by atoms with Crippen LogP contribution in [-0.4, -0.2) is 41.1 Å². The lowest BCUT2D eigenvalue weighted by atomic mass is 10.0. The van der Waals surface area contributed by atoms with Crippen molar-refractivity contribution in [3.63, 3.8) is 0 Å². The zero-order chi connectivity index (χ0) is 24.8. The number of fused-ring (bicyclic) bond motifs is 1. The van der Waals surface area contributed by atoms with Crippen LogP contribution in [0.2, 0.25) is 0 Å². The quantitative estimate of drug-likeness (QED) is 0.541. The molecule has 1 aliphatic heterocycles. The van der Waals surface area contributed by atoms with Gasteiger partial charge in [0.25, 0.3) is 12.3 Å². The van der Waals surface area contributed by atoms with E-state index in [4.69, 9.17) is 9.47 Å². The number of alkyl halides is 4. The van der Waals surface area contributed by atoms with Crippen molar-refractivity contribution in [1.29, 1.82) is 0 Å². The van der Waals surface area contributed by atoms with Crippen LogP contribution in [0.15, 0.2) is 18.2 Å². The van der Waals surface area contributed by atoms with Gasteiger partial charge in [-0.15, -0.1) is 0 Å². The average Bonchev–Trinajstić information content (AvgIpc) is 3.24. The Labute approximate surface area is 199 Å². The highest BCUT2D eigenvalue weighted by Crippen LogP contribution is 2.43. The van der Waals surface area contributed by atoms with Crippen molar-refractivity contribution in [2.45, 2.75) is 69.7 Å². The van der Waals surface area contributed by atoms with E-state index in [2.05, 4.69) is 20.6 Å². The zero-order valence-corrected chi connectivity index (χ0v) is 19.2. The van der Waals surface area contributed by atoms with E-state index >= 15 is 0 Å². The highest BCUT2D eigenvalue weighted by atomic mass is 19.3. The molecule has 1 aromatic carbocycles. The van der Waals surface area contributed by atoms with E-state index < -0.39 is 30.1 Å². The summed E-state index contributed by atoms with van der Waals surface area (Å²) in [6.45, 7) is 2.53. The topological polar surface area (TPSA) is 85.4 Å². The number of benzene rings is 1. The van der Waals surface area contributed by atoms with Crippen LogP contribution in [-0.2, 0) is 39.6 Å². The number of amides is 1. The van der Waals surface area contributed by atoms with Crippen molar-refractivity contribution in [2.75, 3.05) is 18.5 Å². The molecule has 1 amide bonds. The summed E-state index contributed by atoms with van der Waals surface area (Å²) in [6, 6.07) is 4.85. The molecule has 5 rings (SSSR count). The van der Waals surface area contributed by atoms with Gasteiger partial charge in [0.2, 0.25) is 5.91 Å². The first-order chi connectivity index (χ1) is 16.7. The Bertz CT molecular complexity index is 1130. The number of rotatable bonds is 8. The molecule has 2 N–H and O–H groups in total. The van der Waals surface area contributed by atoms with Gasteiger partial charge in [-0.3, -0.25) is 4.79 Å². The molecule has 1 aromatic heterocycles. The first kappa shape index (κ1) is 23.9. The largest absolute Gasteiger partial charge is 0.365 e. The summed E-state index contributed by atoms with van der Waals surface area (Å²) in [5.74, 6) is -2.71. The van der Waals surface area contributed by atoms with Crippen LogP contribution in [0.4, 0.5) is 23.4 Å². The number of aryl methyl sites for hydroxylation is 1. The fourth-order valence-corrected chi connectivity index (χ4v) is 4.72. The molecule has 2 heterocycles. The maximum absolute atomic E-state index is 14.2. The second-order valence-electron chi connectivity index (χ2n) is 9.24. The number of anilines is 1. The van der Waals surface area contributed by atoms with Gasteiger partial charge in [-0.2, -0.15) is 0 Å². The van der Waals surface area contributed by atoms with Crippen molar-refractivity contribution < 1.29 is 31.8 Å². The van der Waals surface area contributed by atoms with Crippen LogP contribution < -0.4 is 10.6 Å². The third kappa shape index (κ3) is 4.71. The van der Waals surface area contributed by atoms with Crippen LogP contribution in [0.25, 0.3) is 0 Å². The molecule has 2 fully saturated rings. The molecule has 2 aromatic rings. The number of hydrogen-bond donors (Lipinski definition) is 2. The van der Waals surface area contributed by atoms with Crippen LogP contribution in [0.5, 0.6) is 0 Å². The van der Waals surface area contributed by atoms with Gasteiger partial charge in [0.15, 0.2) is 6.29 Å². The van der Waals surface area contributed by atoms with E-state index in [0.29, 0.717) is 41.7 Å². The summed E-state index contributed by atoms with van der Waals surface area (Å²) in [4.78, 5) is 21.5. The molecule has 0 radical (unpaired) electrons. The first-order valence-electron chi connectivity index (χ1n) is 11.6. The predicted molar refractivity (Wildman–Crippen MR) is 117 cm³/mol. The Morgan fingerprint density at radius 3 is 2.60 bits per heavy atom. The number of aromatic nitrogens is 2. The normalized spacial score (nSPS) is 20.2. The van der Waals surface area contributed by atoms with Gasteiger partial charge in [-0.1, -0.05) is 18.2 Å². The summed E-state index contributed by atoms with van der Waals surface area (Å²) in [5, 5.41) is 5.63. The Morgan fingerprint density at radius 2 is 1.91 bits per heavy atom. The molecule has 188 valence electrons. The lowest BCUT2D eigenvalue weighted by Crippen LogP contribution is -2.43. The van der Waals surface area contributed by atoms with Gasteiger partial charge >= 0.3 is 0 Å². The number of halogens is 4. The third-order valence-electron chi connectivity index (χ3n) is 6.72. The molecule has 11 heteroatoms. The van der Waals surface area contributed by atoms with Gasteiger partial charge in [0.1, 0.15) is 17.2 Å². The van der Waals surface area contributed by atoms with Crippen LogP contribution in [0.1, 0.15) is 59.3 Å². The van der Waals surface area contributed by atoms with E-state index in [1.807, 2.05) is 0 Å². The minimum atomic E-state index is -2.84. The highest BCUT2D eigenvalue weighted by molar-refractivity contribution is 5.80. The van der Waals surface area contributed by atoms with Gasteiger partial charge in [-0.05, 0) is 37.3 Å². The van der Waals surface area contributed by atoms with E-state index in [1.54, 1.807) is 19.1 Å². The number of nitrogens with one attached hydrogen (secondary N) is 2. The summed E-state index contributed by atoms with van der Waals surface area (Å²) >= 11 is 0. The van der Waals surface area contributed by atoms with Gasteiger partial charge in [0, 0.05) is 18.5 Å². The molecule has 0 spiro atoms. The predicted octanol–water partition coefficient (Wildman–Crippen LogP) is 3.94. The van der Waals surface area contributed by atoms with Gasteiger partial charge in [0.05, 0.1) is 30.9 Å². The van der Waals surface area contributed by atoms with E-state index in [-0.39, 0.29) is 44.2 Å². The van der Waals surface area contributed by atoms with Crippen molar-refractivity contribution in [1.82, 2.24) is 15.3 Å². The maximum atomic E-state index is 14.2. The highest BCUT2D eigenvalue weighted by Gasteiger charge is 2.52. The van der Waals surface area contributed by atoms with Crippen LogP contribution in [0, 0.1) is 6.92 Å². The second kappa shape index (κ2) is 9.02. The Kier molecular flexibility index (Phi) is 6.16. The third-order valence-corrected chi connectivity index (χ3v) is 6.72. The number of hydrogen-bond acceptors (Lipinski definition) is 6. The molecule has 2 aliphatic carbocycles. The molecule has 35 heavy (non-hydrogen) atoms. The van der Waals surface area contributed by atoms with E-state index in [0.717, 1.165) is 5.56 Å². The molecule has 1 saturated heterocycles. The van der Waals surface area contributed by atoms with E-state index in [9.17, 15) is 22.4 Å². The molecular formula is C24H26F4N4O3. The Morgan fingerprint density at radius 1 is 1.17 bits per heavy atom. The fraction of sp³-hybridized carbons (Fsp3) is 0.542. The fourth-order valence-electron chi connectivity index (χ4n) is 4.72.